The minimum absolute atomic E-state index is 0. The summed E-state index contributed by atoms with van der Waals surface area (Å²) in [5.74, 6) is 1.26. The first-order valence-electron chi connectivity index (χ1n) is 23.0. The van der Waals surface area contributed by atoms with E-state index < -0.39 is 6.85 Å². The number of rotatable bonds is 7. The zero-order valence-corrected chi connectivity index (χ0v) is 40.7. The van der Waals surface area contributed by atoms with Gasteiger partial charge in [0.2, 0.25) is 0 Å². The van der Waals surface area contributed by atoms with Crippen LogP contribution in [0.2, 0.25) is 0 Å². The van der Waals surface area contributed by atoms with Crippen LogP contribution in [-0.4, -0.2) is 14.5 Å². The second-order valence-corrected chi connectivity index (χ2v) is 19.8. The van der Waals surface area contributed by atoms with Crippen molar-refractivity contribution in [1.29, 1.82) is 0 Å². The van der Waals surface area contributed by atoms with E-state index in [1.54, 1.807) is 12.1 Å². The smallest absolute Gasteiger partial charge is 0.665 e. The van der Waals surface area contributed by atoms with Crippen LogP contribution in [0.3, 0.4) is 0 Å². The normalized spacial score (nSPS) is 13.0. The number of fused-ring (bicyclic) bond motifs is 1. The fourth-order valence-corrected chi connectivity index (χ4v) is 8.37. The second-order valence-electron chi connectivity index (χ2n) is 19.8. The predicted molar refractivity (Wildman–Crippen MR) is 261 cm³/mol. The molecule has 0 aliphatic heterocycles. The molecular formula is C58H59N3OPt. The van der Waals surface area contributed by atoms with E-state index in [0.29, 0.717) is 11.6 Å². The van der Waals surface area contributed by atoms with Crippen LogP contribution in [0.25, 0.3) is 72.7 Å². The van der Waals surface area contributed by atoms with Crippen LogP contribution in [0.5, 0.6) is 5.75 Å². The molecule has 2 heterocycles. The summed E-state index contributed by atoms with van der Waals surface area (Å²) in [6.07, 6.45) is 1.88. The van der Waals surface area contributed by atoms with Crippen LogP contribution in [0, 0.1) is 33.9 Å². The first-order valence-corrected chi connectivity index (χ1v) is 21.5. The maximum atomic E-state index is 8.43. The number of aryl methyl sites for hydroxylation is 3. The molecule has 4 nitrogen and oxygen atoms in total. The molecule has 0 radical (unpaired) electrons. The number of nitrogens with zero attached hydrogens (tertiary/aromatic N) is 3. The van der Waals surface area contributed by atoms with Crippen LogP contribution in [0.15, 0.2) is 128 Å². The molecular weight excluding hydrogens is 950 g/mol. The number of imidazole rings is 1. The number of hydrogen-bond donors (Lipinski definition) is 0. The van der Waals surface area contributed by atoms with E-state index in [4.69, 9.17) is 18.8 Å². The molecule has 0 unspecified atom stereocenters. The molecule has 322 valence electrons. The van der Waals surface area contributed by atoms with Crippen molar-refractivity contribution < 1.29 is 29.9 Å². The minimum atomic E-state index is -2.31. The Morgan fingerprint density at radius 2 is 1.22 bits per heavy atom. The number of para-hydroxylation sites is 1. The summed E-state index contributed by atoms with van der Waals surface area (Å²) >= 11 is 0. The molecule has 6 aromatic carbocycles. The Morgan fingerprint density at radius 3 is 1.84 bits per heavy atom. The molecule has 8 aromatic rings. The molecule has 0 N–H and O–H groups in total. The Bertz CT molecular complexity index is 3070. The predicted octanol–water partition coefficient (Wildman–Crippen LogP) is 15.5. The molecule has 0 amide bonds. The fourth-order valence-electron chi connectivity index (χ4n) is 8.37. The van der Waals surface area contributed by atoms with Crippen LogP contribution in [-0.2, 0) is 37.3 Å². The van der Waals surface area contributed by atoms with E-state index >= 15 is 0 Å². The molecule has 8 rings (SSSR count). The van der Waals surface area contributed by atoms with Crippen molar-refractivity contribution in [3.8, 4) is 67.5 Å². The van der Waals surface area contributed by atoms with E-state index in [-0.39, 0.29) is 42.9 Å². The molecule has 2 aromatic heterocycles. The van der Waals surface area contributed by atoms with E-state index in [9.17, 15) is 0 Å². The molecule has 0 aliphatic carbocycles. The molecule has 63 heavy (non-hydrogen) atoms. The standard InChI is InChI=1S/C58H59N3O.Pt/c1-36-17-26-51(48(30-36)40-20-24-45(25-21-40)57(7,8)9)61-52-16-14-15-47(53(52)60-55(61)49-31-37(2)29-38(3)54(49)62-13)42-32-43(34-46(33-42)58(10,11)12)50-35-41(27-28-59-50)39-18-22-44(23-19-39)56(4,5)6;/h14-31,33-35H,13H2,1-12H3;/q-2;+2/i1D3;. The maximum absolute atomic E-state index is 8.43. The number of aromatic nitrogens is 3. The van der Waals surface area contributed by atoms with Gasteiger partial charge < -0.3 is 4.74 Å². The van der Waals surface area contributed by atoms with Gasteiger partial charge in [-0.1, -0.05) is 158 Å². The first-order chi connectivity index (χ1) is 30.5. The Morgan fingerprint density at radius 1 is 0.603 bits per heavy atom. The SMILES string of the molecule is [2H]C([2H])([2H])c1ccc(-n2c(-c3cc(C)cc(C)c3O[CH2-])nc3c(-c4[c-]c(-c5cc(-c6ccc(C(C)(C)C)cc6)ccn5)cc(C(C)(C)C)c4)cccc32)c(-c2ccc(C(C)(C)C)cc2)c1.[Pt+2]. The third-order valence-electron chi connectivity index (χ3n) is 11.9. The van der Waals surface area contributed by atoms with Crippen LogP contribution in [0.1, 0.15) is 99.8 Å². The van der Waals surface area contributed by atoms with E-state index in [0.717, 1.165) is 83.6 Å². The summed E-state index contributed by atoms with van der Waals surface area (Å²) < 4.78 is 33.3. The summed E-state index contributed by atoms with van der Waals surface area (Å²) in [6.45, 7) is 21.7. The van der Waals surface area contributed by atoms with Gasteiger partial charge in [-0.05, 0) is 106 Å². The fraction of sp³-hybridized carbons (Fsp3) is 0.259. The molecule has 0 fully saturated rings. The van der Waals surface area contributed by atoms with Gasteiger partial charge >= 0.3 is 21.1 Å². The van der Waals surface area contributed by atoms with Gasteiger partial charge in [0.05, 0.1) is 28.0 Å². The monoisotopic (exact) mass is 1010 g/mol. The number of pyridine rings is 1. The van der Waals surface area contributed by atoms with Crippen molar-refractivity contribution in [1.82, 2.24) is 14.5 Å². The molecule has 0 atom stereocenters. The van der Waals surface area contributed by atoms with E-state index in [1.165, 1.54) is 11.1 Å². The minimum Gasteiger partial charge on any atom is -0.665 e. The second kappa shape index (κ2) is 17.2. The Labute approximate surface area is 394 Å². The maximum Gasteiger partial charge on any atom is 2.00 e. The average molecular weight is 1010 g/mol. The summed E-state index contributed by atoms with van der Waals surface area (Å²) in [5.41, 5.74) is 16.2. The first kappa shape index (κ1) is 41.4. The van der Waals surface area contributed by atoms with Gasteiger partial charge in [0.15, 0.2) is 0 Å². The van der Waals surface area contributed by atoms with Gasteiger partial charge in [0, 0.05) is 21.6 Å². The number of benzene rings is 6. The molecule has 0 saturated heterocycles. The third-order valence-corrected chi connectivity index (χ3v) is 11.9. The van der Waals surface area contributed by atoms with Gasteiger partial charge in [-0.2, -0.15) is 7.11 Å². The summed E-state index contributed by atoms with van der Waals surface area (Å²) in [6, 6.07) is 45.6. The van der Waals surface area contributed by atoms with Crippen molar-refractivity contribution in [2.45, 2.75) is 99.3 Å². The van der Waals surface area contributed by atoms with E-state index in [2.05, 4.69) is 190 Å². The summed E-state index contributed by atoms with van der Waals surface area (Å²) in [4.78, 5) is 10.5. The van der Waals surface area contributed by atoms with Crippen molar-refractivity contribution in [2.75, 3.05) is 0 Å². The van der Waals surface area contributed by atoms with Crippen LogP contribution in [0.4, 0.5) is 0 Å². The quantitative estimate of drug-likeness (QED) is 0.149. The molecule has 0 aliphatic rings. The topological polar surface area (TPSA) is 39.9 Å². The van der Waals surface area contributed by atoms with Gasteiger partial charge in [0.1, 0.15) is 5.82 Å². The van der Waals surface area contributed by atoms with Crippen molar-refractivity contribution >= 4 is 11.0 Å². The van der Waals surface area contributed by atoms with Crippen LogP contribution >= 0.6 is 0 Å². The number of ether oxygens (including phenoxy) is 1. The van der Waals surface area contributed by atoms with Crippen molar-refractivity contribution in [2.24, 2.45) is 0 Å². The largest absolute Gasteiger partial charge is 2.00 e. The molecule has 5 heteroatoms. The molecule has 0 spiro atoms. The van der Waals surface area contributed by atoms with Crippen molar-refractivity contribution in [3.05, 3.63) is 174 Å². The molecule has 0 saturated carbocycles. The van der Waals surface area contributed by atoms with Gasteiger partial charge in [-0.15, -0.1) is 29.3 Å². The zero-order valence-electron chi connectivity index (χ0n) is 41.4. The Balaban J connectivity index is 0.00000648. The van der Waals surface area contributed by atoms with E-state index in [1.807, 2.05) is 19.2 Å². The summed E-state index contributed by atoms with van der Waals surface area (Å²) in [5, 5.41) is 0. The van der Waals surface area contributed by atoms with Gasteiger partial charge in [-0.25, -0.2) is 4.98 Å². The van der Waals surface area contributed by atoms with Gasteiger partial charge in [-0.3, -0.25) is 9.55 Å². The zero-order chi connectivity index (χ0) is 46.8. The van der Waals surface area contributed by atoms with Crippen molar-refractivity contribution in [3.63, 3.8) is 0 Å². The Kier molecular flexibility index (Phi) is 11.3. The Hall–Kier alpha value is -5.57. The van der Waals surface area contributed by atoms with Gasteiger partial charge in [0.25, 0.3) is 0 Å². The molecule has 0 bridgehead atoms. The third kappa shape index (κ3) is 9.11. The number of hydrogen-bond acceptors (Lipinski definition) is 3. The van der Waals surface area contributed by atoms with Crippen LogP contribution < -0.4 is 4.74 Å². The summed E-state index contributed by atoms with van der Waals surface area (Å²) in [7, 11) is 3.89. The average Bonchev–Trinajstić information content (AvgIpc) is 3.64.